The molecule has 11 heteroatoms. The summed E-state index contributed by atoms with van der Waals surface area (Å²) in [4.78, 5) is 37.8. The van der Waals surface area contributed by atoms with Crippen molar-refractivity contribution in [3.63, 3.8) is 0 Å². The molecule has 0 radical (unpaired) electrons. The molecule has 0 unspecified atom stereocenters. The number of carbonyl (C=O) groups is 3. The number of nitrogens with one attached hydrogen (secondary N) is 1. The topological polar surface area (TPSA) is 113 Å². The molecule has 0 bridgehead atoms. The molecule has 0 fully saturated rings. The third kappa shape index (κ3) is 6.53. The van der Waals surface area contributed by atoms with E-state index in [2.05, 4.69) is 5.32 Å². The molecule has 0 saturated heterocycles. The first-order chi connectivity index (χ1) is 15.5. The van der Waals surface area contributed by atoms with Gasteiger partial charge in [-0.2, -0.15) is 4.31 Å². The van der Waals surface area contributed by atoms with Crippen molar-refractivity contribution in [1.82, 2.24) is 9.21 Å². The summed E-state index contributed by atoms with van der Waals surface area (Å²) in [5, 5.41) is 2.55. The lowest BCUT2D eigenvalue weighted by Crippen LogP contribution is -2.30. The number of rotatable bonds is 9. The summed E-state index contributed by atoms with van der Waals surface area (Å²) in [6.45, 7) is 3.34. The van der Waals surface area contributed by atoms with Crippen LogP contribution in [-0.4, -0.2) is 69.2 Å². The predicted molar refractivity (Wildman–Crippen MR) is 125 cm³/mol. The number of amides is 2. The van der Waals surface area contributed by atoms with Gasteiger partial charge in [0.25, 0.3) is 11.8 Å². The van der Waals surface area contributed by atoms with Gasteiger partial charge in [-0.15, -0.1) is 0 Å². The number of nitrogens with zero attached hydrogens (tertiary/aromatic N) is 2. The van der Waals surface area contributed by atoms with Crippen molar-refractivity contribution >= 4 is 45.1 Å². The molecular formula is C22H26ClN3O6S. The maximum Gasteiger partial charge on any atom is 0.340 e. The molecule has 0 saturated carbocycles. The SMILES string of the molecule is CCN(CC)S(=O)(=O)c1ccc(Cl)c(C(=O)OCC(=O)Nc2ccc(C(=O)N(C)C)cc2)c1. The fourth-order valence-electron chi connectivity index (χ4n) is 2.89. The van der Waals surface area contributed by atoms with Crippen molar-refractivity contribution < 1.29 is 27.5 Å². The molecule has 0 aliphatic heterocycles. The Labute approximate surface area is 198 Å². The normalized spacial score (nSPS) is 11.2. The number of sulfonamides is 1. The summed E-state index contributed by atoms with van der Waals surface area (Å²) in [5.41, 5.74) is 0.708. The van der Waals surface area contributed by atoms with Crippen LogP contribution in [-0.2, 0) is 19.6 Å². The van der Waals surface area contributed by atoms with Crippen molar-refractivity contribution in [3.05, 3.63) is 58.6 Å². The van der Waals surface area contributed by atoms with Gasteiger partial charge in [0.15, 0.2) is 6.61 Å². The third-order valence-corrected chi connectivity index (χ3v) is 7.03. The molecule has 2 aromatic rings. The Morgan fingerprint density at radius 1 is 1.00 bits per heavy atom. The Kier molecular flexibility index (Phi) is 8.98. The lowest BCUT2D eigenvalue weighted by atomic mass is 10.2. The van der Waals surface area contributed by atoms with Crippen molar-refractivity contribution in [2.45, 2.75) is 18.7 Å². The molecular weight excluding hydrogens is 470 g/mol. The number of halogens is 1. The average molecular weight is 496 g/mol. The second-order valence-corrected chi connectivity index (χ2v) is 9.48. The summed E-state index contributed by atoms with van der Waals surface area (Å²) < 4.78 is 31.7. The number of ether oxygens (including phenoxy) is 1. The number of benzene rings is 2. The van der Waals surface area contributed by atoms with Gasteiger partial charge in [-0.05, 0) is 42.5 Å². The van der Waals surface area contributed by atoms with Crippen LogP contribution in [0, 0.1) is 0 Å². The molecule has 0 heterocycles. The Morgan fingerprint density at radius 3 is 2.15 bits per heavy atom. The Bertz CT molecular complexity index is 1130. The van der Waals surface area contributed by atoms with Gasteiger partial charge in [-0.3, -0.25) is 9.59 Å². The van der Waals surface area contributed by atoms with Gasteiger partial charge < -0.3 is 15.0 Å². The number of hydrogen-bond donors (Lipinski definition) is 1. The minimum Gasteiger partial charge on any atom is -0.452 e. The summed E-state index contributed by atoms with van der Waals surface area (Å²) in [6.07, 6.45) is 0. The zero-order chi connectivity index (χ0) is 24.8. The van der Waals surface area contributed by atoms with Crippen molar-refractivity contribution in [1.29, 1.82) is 0 Å². The van der Waals surface area contributed by atoms with Gasteiger partial charge in [0.2, 0.25) is 10.0 Å². The van der Waals surface area contributed by atoms with Crippen LogP contribution in [0.3, 0.4) is 0 Å². The number of esters is 1. The van der Waals surface area contributed by atoms with Crippen LogP contribution in [0.15, 0.2) is 47.4 Å². The molecule has 1 N–H and O–H groups in total. The number of hydrogen-bond acceptors (Lipinski definition) is 6. The molecule has 0 aliphatic rings. The second-order valence-electron chi connectivity index (χ2n) is 7.13. The van der Waals surface area contributed by atoms with Crippen LogP contribution < -0.4 is 5.32 Å². The molecule has 2 amide bonds. The van der Waals surface area contributed by atoms with E-state index in [1.807, 2.05) is 0 Å². The van der Waals surface area contributed by atoms with E-state index in [-0.39, 0.29) is 34.5 Å². The first-order valence-corrected chi connectivity index (χ1v) is 11.9. The van der Waals surface area contributed by atoms with Crippen molar-refractivity contribution in [3.8, 4) is 0 Å². The monoisotopic (exact) mass is 495 g/mol. The van der Waals surface area contributed by atoms with Gasteiger partial charge in [0.1, 0.15) is 0 Å². The first-order valence-electron chi connectivity index (χ1n) is 10.1. The molecule has 0 spiro atoms. The maximum atomic E-state index is 12.7. The van der Waals surface area contributed by atoms with E-state index in [1.165, 1.54) is 21.3 Å². The second kappa shape index (κ2) is 11.3. The standard InChI is InChI=1S/C22H26ClN3O6S/c1-5-26(6-2)33(30,31)17-11-12-19(23)18(13-17)22(29)32-14-20(27)24-16-9-7-15(8-10-16)21(28)25(3)4/h7-13H,5-6,14H2,1-4H3,(H,24,27). The van der Waals surface area contributed by atoms with E-state index in [0.717, 1.165) is 6.07 Å². The van der Waals surface area contributed by atoms with E-state index in [4.69, 9.17) is 16.3 Å². The fraction of sp³-hybridized carbons (Fsp3) is 0.318. The van der Waals surface area contributed by atoms with Crippen LogP contribution in [0.25, 0.3) is 0 Å². The summed E-state index contributed by atoms with van der Waals surface area (Å²) in [6, 6.07) is 9.97. The molecule has 2 rings (SSSR count). The van der Waals surface area contributed by atoms with Gasteiger partial charge in [0, 0.05) is 38.4 Å². The number of carbonyl (C=O) groups excluding carboxylic acids is 3. The molecule has 0 atom stereocenters. The van der Waals surface area contributed by atoms with Crippen LogP contribution in [0.4, 0.5) is 5.69 Å². The Hall–Kier alpha value is -2.95. The van der Waals surface area contributed by atoms with Gasteiger partial charge >= 0.3 is 5.97 Å². The highest BCUT2D eigenvalue weighted by Crippen LogP contribution is 2.24. The molecule has 0 aromatic heterocycles. The van der Waals surface area contributed by atoms with Gasteiger partial charge in [0.05, 0.1) is 15.5 Å². The Balaban J connectivity index is 2.05. The molecule has 178 valence electrons. The highest BCUT2D eigenvalue weighted by molar-refractivity contribution is 7.89. The van der Waals surface area contributed by atoms with Gasteiger partial charge in [-0.25, -0.2) is 13.2 Å². The van der Waals surface area contributed by atoms with Crippen LogP contribution in [0.5, 0.6) is 0 Å². The van der Waals surface area contributed by atoms with Gasteiger partial charge in [-0.1, -0.05) is 25.4 Å². The van der Waals surface area contributed by atoms with Crippen molar-refractivity contribution in [2.24, 2.45) is 0 Å². The molecule has 9 nitrogen and oxygen atoms in total. The van der Waals surface area contributed by atoms with Crippen LogP contribution in [0.1, 0.15) is 34.6 Å². The molecule has 33 heavy (non-hydrogen) atoms. The fourth-order valence-corrected chi connectivity index (χ4v) is 4.57. The average Bonchev–Trinajstić information content (AvgIpc) is 2.78. The zero-order valence-electron chi connectivity index (χ0n) is 18.8. The number of anilines is 1. The van der Waals surface area contributed by atoms with Crippen LogP contribution in [0.2, 0.25) is 5.02 Å². The summed E-state index contributed by atoms with van der Waals surface area (Å²) >= 11 is 6.06. The highest BCUT2D eigenvalue weighted by atomic mass is 35.5. The highest BCUT2D eigenvalue weighted by Gasteiger charge is 2.24. The minimum absolute atomic E-state index is 0.0000493. The van der Waals surface area contributed by atoms with Crippen LogP contribution >= 0.6 is 11.6 Å². The Morgan fingerprint density at radius 2 is 1.61 bits per heavy atom. The zero-order valence-corrected chi connectivity index (χ0v) is 20.4. The van der Waals surface area contributed by atoms with E-state index in [0.29, 0.717) is 11.3 Å². The molecule has 0 aliphatic carbocycles. The smallest absolute Gasteiger partial charge is 0.340 e. The lowest BCUT2D eigenvalue weighted by molar-refractivity contribution is -0.119. The maximum absolute atomic E-state index is 12.7. The van der Waals surface area contributed by atoms with Crippen molar-refractivity contribution in [2.75, 3.05) is 39.1 Å². The van der Waals surface area contributed by atoms with E-state index in [9.17, 15) is 22.8 Å². The van der Waals surface area contributed by atoms with E-state index >= 15 is 0 Å². The van der Waals surface area contributed by atoms with E-state index < -0.39 is 28.5 Å². The predicted octanol–water partition coefficient (Wildman–Crippen LogP) is 2.87. The quantitative estimate of drug-likeness (QED) is 0.535. The molecule has 2 aromatic carbocycles. The largest absolute Gasteiger partial charge is 0.452 e. The van der Waals surface area contributed by atoms with E-state index in [1.54, 1.807) is 52.2 Å². The third-order valence-electron chi connectivity index (χ3n) is 4.66. The summed E-state index contributed by atoms with van der Waals surface area (Å²) in [5.74, 6) is -1.72. The summed E-state index contributed by atoms with van der Waals surface area (Å²) in [7, 11) is -0.536. The minimum atomic E-state index is -3.80. The lowest BCUT2D eigenvalue weighted by Gasteiger charge is -2.19. The first kappa shape index (κ1) is 26.3.